The maximum atomic E-state index is 10.3. The molecule has 0 aromatic carbocycles. The Morgan fingerprint density at radius 2 is 2.33 bits per heavy atom. The minimum absolute atomic E-state index is 0.493. The molecular formula is C12H24N4O2. The maximum Gasteiger partial charge on any atom is 0.138 e. The molecule has 1 rings (SSSR count). The van der Waals surface area contributed by atoms with E-state index >= 15 is 0 Å². The largest absolute Gasteiger partial charge is 0.388 e. The summed E-state index contributed by atoms with van der Waals surface area (Å²) in [5, 5.41) is 17.6. The zero-order valence-corrected chi connectivity index (χ0v) is 11.5. The van der Waals surface area contributed by atoms with E-state index in [1.807, 2.05) is 4.68 Å². The lowest BCUT2D eigenvalue weighted by Crippen LogP contribution is -2.41. The van der Waals surface area contributed by atoms with Gasteiger partial charge in [-0.15, -0.1) is 0 Å². The summed E-state index contributed by atoms with van der Waals surface area (Å²) < 4.78 is 6.79. The number of aryl methyl sites for hydroxylation is 1. The van der Waals surface area contributed by atoms with Crippen molar-refractivity contribution in [2.45, 2.75) is 38.8 Å². The van der Waals surface area contributed by atoms with Gasteiger partial charge in [0.05, 0.1) is 12.2 Å². The molecule has 0 bridgehead atoms. The molecule has 0 saturated heterocycles. The number of hydrogen-bond donors (Lipinski definition) is 2. The smallest absolute Gasteiger partial charge is 0.138 e. The van der Waals surface area contributed by atoms with E-state index in [2.05, 4.69) is 22.3 Å². The van der Waals surface area contributed by atoms with Gasteiger partial charge in [0.15, 0.2) is 0 Å². The Morgan fingerprint density at radius 3 is 3.00 bits per heavy atom. The first-order valence-corrected chi connectivity index (χ1v) is 6.38. The number of hydrogen-bond acceptors (Lipinski definition) is 5. The van der Waals surface area contributed by atoms with E-state index in [9.17, 15) is 5.11 Å². The van der Waals surface area contributed by atoms with Crippen LogP contribution in [0.1, 0.15) is 26.1 Å². The highest BCUT2D eigenvalue weighted by molar-refractivity contribution is 4.93. The molecule has 0 aliphatic heterocycles. The Morgan fingerprint density at radius 1 is 1.56 bits per heavy atom. The molecule has 6 nitrogen and oxygen atoms in total. The summed E-state index contributed by atoms with van der Waals surface area (Å²) in [7, 11) is 1.66. The topological polar surface area (TPSA) is 72.2 Å². The Labute approximate surface area is 108 Å². The molecular weight excluding hydrogens is 232 g/mol. The minimum atomic E-state index is -0.827. The molecule has 1 aromatic heterocycles. The predicted octanol–water partition coefficient (Wildman–Crippen LogP) is 0.218. The molecule has 1 heterocycles. The molecule has 0 saturated carbocycles. The van der Waals surface area contributed by atoms with Gasteiger partial charge in [-0.2, -0.15) is 5.10 Å². The van der Waals surface area contributed by atoms with Crippen LogP contribution in [-0.2, 0) is 17.7 Å². The second-order valence-electron chi connectivity index (χ2n) is 4.74. The van der Waals surface area contributed by atoms with Crippen LogP contribution in [0.2, 0.25) is 0 Å². The van der Waals surface area contributed by atoms with Gasteiger partial charge in [-0.25, -0.2) is 4.98 Å². The van der Waals surface area contributed by atoms with Gasteiger partial charge in [0.2, 0.25) is 0 Å². The van der Waals surface area contributed by atoms with Crippen molar-refractivity contribution in [3.8, 4) is 0 Å². The van der Waals surface area contributed by atoms with E-state index in [4.69, 9.17) is 4.74 Å². The summed E-state index contributed by atoms with van der Waals surface area (Å²) in [5.74, 6) is 0.829. The van der Waals surface area contributed by atoms with Crippen molar-refractivity contribution in [1.29, 1.82) is 0 Å². The first kappa shape index (κ1) is 15.1. The van der Waals surface area contributed by atoms with Gasteiger partial charge in [0, 0.05) is 33.2 Å². The molecule has 2 N–H and O–H groups in total. The fourth-order valence-electron chi connectivity index (χ4n) is 1.76. The third-order valence-corrected chi connectivity index (χ3v) is 2.66. The molecule has 0 aliphatic carbocycles. The highest BCUT2D eigenvalue weighted by Gasteiger charge is 2.23. The number of aliphatic hydroxyl groups is 1. The van der Waals surface area contributed by atoms with E-state index in [1.165, 1.54) is 0 Å². The number of rotatable bonds is 9. The van der Waals surface area contributed by atoms with Gasteiger partial charge in [0.1, 0.15) is 12.2 Å². The standard InChI is InChI=1S/C12H24N4O2/c1-4-6-16-11(14-10-15-16)8-12(2,17)9-13-5-7-18-3/h10,13,17H,4-9H2,1-3H3. The van der Waals surface area contributed by atoms with E-state index in [0.717, 1.165) is 25.3 Å². The lowest BCUT2D eigenvalue weighted by molar-refractivity contribution is 0.0550. The number of ether oxygens (including phenoxy) is 1. The summed E-state index contributed by atoms with van der Waals surface area (Å²) in [5.41, 5.74) is -0.827. The van der Waals surface area contributed by atoms with Crippen molar-refractivity contribution in [3.05, 3.63) is 12.2 Å². The van der Waals surface area contributed by atoms with E-state index in [0.29, 0.717) is 19.6 Å². The summed E-state index contributed by atoms with van der Waals surface area (Å²) in [6, 6.07) is 0. The van der Waals surface area contributed by atoms with Crippen LogP contribution in [0.15, 0.2) is 6.33 Å². The van der Waals surface area contributed by atoms with Crippen molar-refractivity contribution in [2.24, 2.45) is 0 Å². The van der Waals surface area contributed by atoms with Gasteiger partial charge >= 0.3 is 0 Å². The third-order valence-electron chi connectivity index (χ3n) is 2.66. The second kappa shape index (κ2) is 7.45. The summed E-state index contributed by atoms with van der Waals surface area (Å²) in [6.45, 7) is 6.61. The molecule has 18 heavy (non-hydrogen) atoms. The van der Waals surface area contributed by atoms with Crippen molar-refractivity contribution >= 4 is 0 Å². The predicted molar refractivity (Wildman–Crippen MR) is 69.4 cm³/mol. The average Bonchev–Trinajstić information content (AvgIpc) is 2.72. The van der Waals surface area contributed by atoms with Crippen molar-refractivity contribution in [3.63, 3.8) is 0 Å². The number of nitrogens with one attached hydrogen (secondary N) is 1. The highest BCUT2D eigenvalue weighted by Crippen LogP contribution is 2.10. The molecule has 0 radical (unpaired) electrons. The van der Waals surface area contributed by atoms with Crippen LogP contribution in [0.3, 0.4) is 0 Å². The quantitative estimate of drug-likeness (QED) is 0.618. The monoisotopic (exact) mass is 256 g/mol. The second-order valence-corrected chi connectivity index (χ2v) is 4.74. The van der Waals surface area contributed by atoms with E-state index in [1.54, 1.807) is 20.4 Å². The highest BCUT2D eigenvalue weighted by atomic mass is 16.5. The van der Waals surface area contributed by atoms with Crippen LogP contribution >= 0.6 is 0 Å². The Bertz CT molecular complexity index is 339. The molecule has 1 aromatic rings. The Kier molecular flexibility index (Phi) is 6.24. The summed E-state index contributed by atoms with van der Waals surface area (Å²) in [6.07, 6.45) is 3.04. The number of methoxy groups -OCH3 is 1. The maximum absolute atomic E-state index is 10.3. The van der Waals surface area contributed by atoms with Gasteiger partial charge < -0.3 is 15.2 Å². The first-order valence-electron chi connectivity index (χ1n) is 6.38. The van der Waals surface area contributed by atoms with Crippen LogP contribution in [0.25, 0.3) is 0 Å². The Hall–Kier alpha value is -0.980. The SMILES string of the molecule is CCCn1ncnc1CC(C)(O)CNCCOC. The van der Waals surface area contributed by atoms with Crippen LogP contribution in [0.5, 0.6) is 0 Å². The lowest BCUT2D eigenvalue weighted by Gasteiger charge is -2.23. The van der Waals surface area contributed by atoms with Crippen LogP contribution < -0.4 is 5.32 Å². The lowest BCUT2D eigenvalue weighted by atomic mass is 10.0. The molecule has 6 heteroatoms. The third kappa shape index (κ3) is 5.12. The van der Waals surface area contributed by atoms with E-state index < -0.39 is 5.60 Å². The number of nitrogens with zero attached hydrogens (tertiary/aromatic N) is 3. The average molecular weight is 256 g/mol. The van der Waals surface area contributed by atoms with Crippen LogP contribution in [0, 0.1) is 0 Å². The fourth-order valence-corrected chi connectivity index (χ4v) is 1.76. The molecule has 104 valence electrons. The van der Waals surface area contributed by atoms with Gasteiger partial charge in [0.25, 0.3) is 0 Å². The molecule has 0 spiro atoms. The summed E-state index contributed by atoms with van der Waals surface area (Å²) >= 11 is 0. The number of aromatic nitrogens is 3. The molecule has 0 fully saturated rings. The van der Waals surface area contributed by atoms with Gasteiger partial charge in [-0.3, -0.25) is 4.68 Å². The van der Waals surface area contributed by atoms with Crippen LogP contribution in [-0.4, -0.2) is 52.3 Å². The van der Waals surface area contributed by atoms with Gasteiger partial charge in [-0.1, -0.05) is 6.92 Å². The normalized spacial score (nSPS) is 14.7. The molecule has 0 aliphatic rings. The minimum Gasteiger partial charge on any atom is -0.388 e. The Balaban J connectivity index is 2.45. The zero-order chi connectivity index (χ0) is 13.4. The van der Waals surface area contributed by atoms with E-state index in [-0.39, 0.29) is 0 Å². The molecule has 1 atom stereocenters. The van der Waals surface area contributed by atoms with Crippen molar-refractivity contribution in [1.82, 2.24) is 20.1 Å². The fraction of sp³-hybridized carbons (Fsp3) is 0.833. The summed E-state index contributed by atoms with van der Waals surface area (Å²) in [4.78, 5) is 4.20. The zero-order valence-electron chi connectivity index (χ0n) is 11.5. The van der Waals surface area contributed by atoms with Gasteiger partial charge in [-0.05, 0) is 13.3 Å². The van der Waals surface area contributed by atoms with Crippen LogP contribution in [0.4, 0.5) is 0 Å². The van der Waals surface area contributed by atoms with Crippen molar-refractivity contribution in [2.75, 3.05) is 26.8 Å². The first-order chi connectivity index (χ1) is 8.59. The molecule has 1 unspecified atom stereocenters. The molecule has 0 amide bonds. The van der Waals surface area contributed by atoms with Crippen molar-refractivity contribution < 1.29 is 9.84 Å².